The van der Waals surface area contributed by atoms with Gasteiger partial charge in [0.1, 0.15) is 0 Å². The minimum Gasteiger partial charge on any atom is -0.353 e. The maximum atomic E-state index is 12.3. The van der Waals surface area contributed by atoms with Gasteiger partial charge in [-0.25, -0.2) is 4.98 Å². The zero-order valence-electron chi connectivity index (χ0n) is 16.9. The van der Waals surface area contributed by atoms with Crippen molar-refractivity contribution in [3.8, 4) is 0 Å². The number of imidazole rings is 1. The standard InChI is InChI=1S/C20H29N5O.3ClH/c1-15(24(2)18-8-9-18)11-22-20(26)19(21)10-17-13-25(14-23-17)12-16-6-4-3-5-7-16;;;/h3-7,13-15,18-19H,8-12,21H2,1-2H3,(H,22,26);3*1H/t15?,19-;;;/m0.../s1. The van der Waals surface area contributed by atoms with Gasteiger partial charge in [-0.3, -0.25) is 9.69 Å². The Hall–Kier alpha value is -1.31. The summed E-state index contributed by atoms with van der Waals surface area (Å²) in [6.45, 7) is 3.53. The van der Waals surface area contributed by atoms with Crippen molar-refractivity contribution in [2.45, 2.75) is 50.9 Å². The van der Waals surface area contributed by atoms with Crippen LogP contribution in [0, 0.1) is 0 Å². The molecule has 1 aromatic carbocycles. The number of hydrogen-bond donors (Lipinski definition) is 2. The molecule has 9 heteroatoms. The zero-order chi connectivity index (χ0) is 18.5. The van der Waals surface area contributed by atoms with Crippen molar-refractivity contribution in [2.24, 2.45) is 5.73 Å². The summed E-state index contributed by atoms with van der Waals surface area (Å²) in [6, 6.07) is 10.6. The highest BCUT2D eigenvalue weighted by molar-refractivity contribution is 5.86. The van der Waals surface area contributed by atoms with Gasteiger partial charge in [0.15, 0.2) is 0 Å². The van der Waals surface area contributed by atoms with Crippen molar-refractivity contribution in [2.75, 3.05) is 13.6 Å². The molecule has 1 aliphatic carbocycles. The minimum absolute atomic E-state index is 0. The van der Waals surface area contributed by atoms with Gasteiger partial charge in [0.25, 0.3) is 0 Å². The van der Waals surface area contributed by atoms with Crippen LogP contribution in [-0.4, -0.2) is 52.1 Å². The fourth-order valence-corrected chi connectivity index (χ4v) is 3.08. The lowest BCUT2D eigenvalue weighted by Gasteiger charge is -2.25. The number of likely N-dealkylation sites (N-methyl/N-ethyl adjacent to an activating group) is 1. The SMILES string of the molecule is CC(CNC(=O)[C@@H](N)Cc1cn(Cc2ccccc2)cn1)N(C)C1CC1.Cl.Cl.Cl. The van der Waals surface area contributed by atoms with Crippen LogP contribution in [0.4, 0.5) is 0 Å². The molecule has 6 nitrogen and oxygen atoms in total. The fourth-order valence-electron chi connectivity index (χ4n) is 3.08. The number of nitrogens with two attached hydrogens (primary N) is 1. The van der Waals surface area contributed by atoms with Gasteiger partial charge in [-0.2, -0.15) is 0 Å². The van der Waals surface area contributed by atoms with E-state index in [2.05, 4.69) is 41.3 Å². The molecule has 29 heavy (non-hydrogen) atoms. The Bertz CT molecular complexity index is 724. The summed E-state index contributed by atoms with van der Waals surface area (Å²) in [6.07, 6.45) is 6.73. The number of halogens is 3. The summed E-state index contributed by atoms with van der Waals surface area (Å²) < 4.78 is 2.02. The van der Waals surface area contributed by atoms with Crippen LogP contribution in [0.5, 0.6) is 0 Å². The van der Waals surface area contributed by atoms with Crippen molar-refractivity contribution in [3.63, 3.8) is 0 Å². The summed E-state index contributed by atoms with van der Waals surface area (Å²) in [5, 5.41) is 2.97. The summed E-state index contributed by atoms with van der Waals surface area (Å²) in [5.74, 6) is -0.112. The minimum atomic E-state index is -0.575. The Morgan fingerprint density at radius 2 is 1.93 bits per heavy atom. The molecule has 1 amide bonds. The molecule has 0 bridgehead atoms. The van der Waals surface area contributed by atoms with Gasteiger partial charge in [0.05, 0.1) is 18.1 Å². The maximum absolute atomic E-state index is 12.3. The van der Waals surface area contributed by atoms with Crippen LogP contribution in [0.15, 0.2) is 42.9 Å². The van der Waals surface area contributed by atoms with Crippen LogP contribution >= 0.6 is 37.2 Å². The molecule has 0 saturated heterocycles. The smallest absolute Gasteiger partial charge is 0.237 e. The molecule has 1 fully saturated rings. The Kier molecular flexibility index (Phi) is 12.5. The molecular weight excluding hydrogens is 433 g/mol. The molecule has 2 aromatic rings. The molecule has 3 rings (SSSR count). The summed E-state index contributed by atoms with van der Waals surface area (Å²) in [5.41, 5.74) is 8.13. The van der Waals surface area contributed by atoms with E-state index in [1.165, 1.54) is 18.4 Å². The second-order valence-electron chi connectivity index (χ2n) is 7.32. The monoisotopic (exact) mass is 463 g/mol. The summed E-state index contributed by atoms with van der Waals surface area (Å²) in [7, 11) is 2.12. The second kappa shape index (κ2) is 13.1. The number of nitrogens with one attached hydrogen (secondary N) is 1. The second-order valence-corrected chi connectivity index (χ2v) is 7.32. The van der Waals surface area contributed by atoms with E-state index in [-0.39, 0.29) is 43.1 Å². The molecule has 0 spiro atoms. The Morgan fingerprint density at radius 3 is 2.55 bits per heavy atom. The van der Waals surface area contributed by atoms with E-state index < -0.39 is 6.04 Å². The van der Waals surface area contributed by atoms with Crippen LogP contribution in [0.1, 0.15) is 31.0 Å². The molecule has 2 atom stereocenters. The van der Waals surface area contributed by atoms with Crippen LogP contribution in [-0.2, 0) is 17.8 Å². The first-order chi connectivity index (χ1) is 12.5. The number of nitrogens with zero attached hydrogens (tertiary/aromatic N) is 3. The molecule has 1 aliphatic rings. The molecule has 0 aliphatic heterocycles. The van der Waals surface area contributed by atoms with Gasteiger partial charge in [0, 0.05) is 37.8 Å². The van der Waals surface area contributed by atoms with Crippen molar-refractivity contribution in [3.05, 3.63) is 54.1 Å². The van der Waals surface area contributed by atoms with E-state index in [0.717, 1.165) is 12.2 Å². The number of aromatic nitrogens is 2. The largest absolute Gasteiger partial charge is 0.353 e. The average Bonchev–Trinajstić information content (AvgIpc) is 3.41. The number of hydrogen-bond acceptors (Lipinski definition) is 4. The molecule has 1 heterocycles. The zero-order valence-corrected chi connectivity index (χ0v) is 19.3. The predicted octanol–water partition coefficient (Wildman–Crippen LogP) is 2.67. The average molecular weight is 465 g/mol. The molecule has 164 valence electrons. The first-order valence-electron chi connectivity index (χ1n) is 9.32. The van der Waals surface area contributed by atoms with E-state index in [9.17, 15) is 4.79 Å². The van der Waals surface area contributed by atoms with E-state index in [4.69, 9.17) is 5.73 Å². The van der Waals surface area contributed by atoms with Crippen LogP contribution < -0.4 is 11.1 Å². The predicted molar refractivity (Wildman–Crippen MR) is 124 cm³/mol. The third kappa shape index (κ3) is 8.52. The van der Waals surface area contributed by atoms with E-state index in [0.29, 0.717) is 25.0 Å². The Labute approximate surface area is 191 Å². The van der Waals surface area contributed by atoms with Crippen molar-refractivity contribution < 1.29 is 4.79 Å². The molecule has 1 unspecified atom stereocenters. The van der Waals surface area contributed by atoms with Crippen LogP contribution in [0.3, 0.4) is 0 Å². The molecule has 1 saturated carbocycles. The van der Waals surface area contributed by atoms with E-state index >= 15 is 0 Å². The Balaban J connectivity index is 0.00000261. The van der Waals surface area contributed by atoms with Gasteiger partial charge < -0.3 is 15.6 Å². The highest BCUT2D eigenvalue weighted by Crippen LogP contribution is 2.26. The van der Waals surface area contributed by atoms with Crippen molar-refractivity contribution >= 4 is 43.1 Å². The van der Waals surface area contributed by atoms with Crippen LogP contribution in [0.25, 0.3) is 0 Å². The lowest BCUT2D eigenvalue weighted by Crippen LogP contribution is -2.47. The van der Waals surface area contributed by atoms with Gasteiger partial charge in [0.2, 0.25) is 5.91 Å². The topological polar surface area (TPSA) is 76.2 Å². The fraction of sp³-hybridized carbons (Fsp3) is 0.500. The first kappa shape index (κ1) is 27.7. The van der Waals surface area contributed by atoms with E-state index in [1.807, 2.05) is 29.0 Å². The molecule has 0 radical (unpaired) electrons. The summed E-state index contributed by atoms with van der Waals surface area (Å²) in [4.78, 5) is 19.0. The lowest BCUT2D eigenvalue weighted by molar-refractivity contribution is -0.122. The number of rotatable bonds is 9. The highest BCUT2D eigenvalue weighted by Gasteiger charge is 2.29. The van der Waals surface area contributed by atoms with E-state index in [1.54, 1.807) is 6.33 Å². The van der Waals surface area contributed by atoms with Gasteiger partial charge >= 0.3 is 0 Å². The number of benzene rings is 1. The molecule has 3 N–H and O–H groups in total. The first-order valence-corrected chi connectivity index (χ1v) is 9.32. The lowest BCUT2D eigenvalue weighted by atomic mass is 10.1. The summed E-state index contributed by atoms with van der Waals surface area (Å²) >= 11 is 0. The number of amides is 1. The van der Waals surface area contributed by atoms with Gasteiger partial charge in [-0.1, -0.05) is 30.3 Å². The highest BCUT2D eigenvalue weighted by atomic mass is 35.5. The van der Waals surface area contributed by atoms with Crippen molar-refractivity contribution in [1.82, 2.24) is 19.8 Å². The third-order valence-corrected chi connectivity index (χ3v) is 5.05. The van der Waals surface area contributed by atoms with Crippen molar-refractivity contribution in [1.29, 1.82) is 0 Å². The maximum Gasteiger partial charge on any atom is 0.237 e. The van der Waals surface area contributed by atoms with Gasteiger partial charge in [-0.15, -0.1) is 37.2 Å². The molecular formula is C20H32Cl3N5O. The normalized spacial score (nSPS) is 14.8. The molecule has 1 aromatic heterocycles. The number of carbonyl (C=O) groups is 1. The Morgan fingerprint density at radius 1 is 1.28 bits per heavy atom. The quantitative estimate of drug-likeness (QED) is 0.598. The number of carbonyl (C=O) groups excluding carboxylic acids is 1. The van der Waals surface area contributed by atoms with Crippen LogP contribution in [0.2, 0.25) is 0 Å². The van der Waals surface area contributed by atoms with Gasteiger partial charge in [-0.05, 0) is 32.4 Å². The third-order valence-electron chi connectivity index (χ3n) is 5.05.